The Morgan fingerprint density at radius 1 is 1.19 bits per heavy atom. The first-order valence-electron chi connectivity index (χ1n) is 8.32. The van der Waals surface area contributed by atoms with Gasteiger partial charge in [-0.2, -0.15) is 5.26 Å². The molecular formula is C19H16N6O. The van der Waals surface area contributed by atoms with Crippen LogP contribution in [0.25, 0.3) is 11.4 Å². The molecule has 0 radical (unpaired) electrons. The molecule has 1 atom stereocenters. The summed E-state index contributed by atoms with van der Waals surface area (Å²) >= 11 is 0. The molecular weight excluding hydrogens is 328 g/mol. The molecule has 0 saturated carbocycles. The monoisotopic (exact) mass is 344 g/mol. The van der Waals surface area contributed by atoms with Gasteiger partial charge in [-0.25, -0.2) is 4.98 Å². The van der Waals surface area contributed by atoms with Crippen LogP contribution in [0.4, 0.5) is 0 Å². The van der Waals surface area contributed by atoms with Crippen LogP contribution in [0.5, 0.6) is 0 Å². The zero-order valence-corrected chi connectivity index (χ0v) is 14.2. The standard InChI is InChI=1S/C19H16N6O/c1-13-11-24(19(26)16-8-7-14(9-20)10-21-16)12-17-22-23-18(25(13)17)15-5-3-2-4-6-15/h2-8,10,13H,11-12H2,1H3/t13-/m0/s1. The van der Waals surface area contributed by atoms with E-state index in [-0.39, 0.29) is 11.9 Å². The maximum atomic E-state index is 12.8. The molecule has 128 valence electrons. The Bertz CT molecular complexity index is 987. The third-order valence-electron chi connectivity index (χ3n) is 4.45. The molecule has 0 unspecified atom stereocenters. The van der Waals surface area contributed by atoms with Crippen molar-refractivity contribution in [2.24, 2.45) is 0 Å². The third kappa shape index (κ3) is 2.71. The van der Waals surface area contributed by atoms with Gasteiger partial charge in [0, 0.05) is 18.3 Å². The molecule has 3 aromatic rings. The van der Waals surface area contributed by atoms with E-state index in [0.717, 1.165) is 17.2 Å². The fraction of sp³-hybridized carbons (Fsp3) is 0.211. The van der Waals surface area contributed by atoms with E-state index in [0.29, 0.717) is 24.3 Å². The summed E-state index contributed by atoms with van der Waals surface area (Å²) in [5, 5.41) is 17.5. The van der Waals surface area contributed by atoms with E-state index in [4.69, 9.17) is 5.26 Å². The highest BCUT2D eigenvalue weighted by Crippen LogP contribution is 2.27. The number of carbonyl (C=O) groups excluding carboxylic acids is 1. The molecule has 0 aliphatic carbocycles. The first kappa shape index (κ1) is 16.0. The van der Waals surface area contributed by atoms with Crippen LogP contribution < -0.4 is 0 Å². The predicted octanol–water partition coefficient (Wildman–Crippen LogP) is 2.43. The molecule has 1 aromatic carbocycles. The molecule has 0 fully saturated rings. The van der Waals surface area contributed by atoms with E-state index in [9.17, 15) is 4.79 Å². The lowest BCUT2D eigenvalue weighted by Crippen LogP contribution is -2.40. The van der Waals surface area contributed by atoms with E-state index in [1.165, 1.54) is 6.20 Å². The number of nitrogens with zero attached hydrogens (tertiary/aromatic N) is 6. The van der Waals surface area contributed by atoms with Gasteiger partial charge in [0.1, 0.15) is 11.8 Å². The smallest absolute Gasteiger partial charge is 0.272 e. The van der Waals surface area contributed by atoms with Crippen LogP contribution in [0, 0.1) is 11.3 Å². The van der Waals surface area contributed by atoms with E-state index >= 15 is 0 Å². The minimum atomic E-state index is -0.170. The first-order valence-corrected chi connectivity index (χ1v) is 8.32. The minimum Gasteiger partial charge on any atom is -0.328 e. The Hall–Kier alpha value is -3.53. The summed E-state index contributed by atoms with van der Waals surface area (Å²) in [4.78, 5) is 18.6. The SMILES string of the molecule is C[C@H]1CN(C(=O)c2ccc(C#N)cn2)Cc2nnc(-c3ccccc3)n21. The van der Waals surface area contributed by atoms with E-state index in [1.807, 2.05) is 43.3 Å². The average Bonchev–Trinajstić information content (AvgIpc) is 3.13. The van der Waals surface area contributed by atoms with Crippen molar-refractivity contribution < 1.29 is 4.79 Å². The second kappa shape index (κ2) is 6.41. The van der Waals surface area contributed by atoms with Crippen molar-refractivity contribution in [3.8, 4) is 17.5 Å². The van der Waals surface area contributed by atoms with E-state index in [1.54, 1.807) is 17.0 Å². The lowest BCUT2D eigenvalue weighted by Gasteiger charge is -2.32. The quantitative estimate of drug-likeness (QED) is 0.712. The van der Waals surface area contributed by atoms with Gasteiger partial charge in [-0.1, -0.05) is 30.3 Å². The van der Waals surface area contributed by atoms with E-state index in [2.05, 4.69) is 19.7 Å². The number of aromatic nitrogens is 4. The average molecular weight is 344 g/mol. The summed E-state index contributed by atoms with van der Waals surface area (Å²) in [7, 11) is 0. The molecule has 2 aromatic heterocycles. The highest BCUT2D eigenvalue weighted by Gasteiger charge is 2.30. The van der Waals surface area contributed by atoms with Gasteiger partial charge < -0.3 is 9.47 Å². The number of hydrogen-bond donors (Lipinski definition) is 0. The summed E-state index contributed by atoms with van der Waals surface area (Å²) in [5.41, 5.74) is 1.76. The Kier molecular flexibility index (Phi) is 3.93. The normalized spacial score (nSPS) is 16.0. The number of amides is 1. The molecule has 1 aliphatic rings. The van der Waals surface area contributed by atoms with Crippen molar-refractivity contribution in [2.45, 2.75) is 19.5 Å². The summed E-state index contributed by atoms with van der Waals surface area (Å²) in [6.07, 6.45) is 1.41. The van der Waals surface area contributed by atoms with E-state index < -0.39 is 0 Å². The molecule has 1 amide bonds. The third-order valence-corrected chi connectivity index (χ3v) is 4.45. The molecule has 0 N–H and O–H groups in total. The molecule has 3 heterocycles. The predicted molar refractivity (Wildman–Crippen MR) is 93.9 cm³/mol. The summed E-state index contributed by atoms with van der Waals surface area (Å²) in [5.74, 6) is 1.40. The number of fused-ring (bicyclic) bond motifs is 1. The minimum absolute atomic E-state index is 0.0475. The van der Waals surface area contributed by atoms with Crippen LogP contribution in [0.2, 0.25) is 0 Å². The zero-order chi connectivity index (χ0) is 18.1. The maximum Gasteiger partial charge on any atom is 0.272 e. The highest BCUT2D eigenvalue weighted by atomic mass is 16.2. The number of carbonyl (C=O) groups is 1. The molecule has 26 heavy (non-hydrogen) atoms. The van der Waals surface area contributed by atoms with Gasteiger partial charge >= 0.3 is 0 Å². The van der Waals surface area contributed by atoms with Gasteiger partial charge in [0.15, 0.2) is 11.6 Å². The number of rotatable bonds is 2. The lowest BCUT2D eigenvalue weighted by atomic mass is 10.1. The van der Waals surface area contributed by atoms with Gasteiger partial charge in [-0.15, -0.1) is 10.2 Å². The topological polar surface area (TPSA) is 87.7 Å². The van der Waals surface area contributed by atoms with Crippen molar-refractivity contribution >= 4 is 5.91 Å². The number of hydrogen-bond acceptors (Lipinski definition) is 5. The first-order chi connectivity index (χ1) is 12.7. The molecule has 7 nitrogen and oxygen atoms in total. The van der Waals surface area contributed by atoms with Gasteiger partial charge in [-0.3, -0.25) is 4.79 Å². The molecule has 0 spiro atoms. The van der Waals surface area contributed by atoms with Gasteiger partial charge in [-0.05, 0) is 19.1 Å². The Labute approximate surface area is 150 Å². The van der Waals surface area contributed by atoms with Crippen LogP contribution in [0.3, 0.4) is 0 Å². The summed E-state index contributed by atoms with van der Waals surface area (Å²) in [6, 6.07) is 15.1. The van der Waals surface area contributed by atoms with Crippen LogP contribution in [0.15, 0.2) is 48.7 Å². The molecule has 7 heteroatoms. The summed E-state index contributed by atoms with van der Waals surface area (Å²) < 4.78 is 2.09. The lowest BCUT2D eigenvalue weighted by molar-refractivity contribution is 0.0676. The van der Waals surface area contributed by atoms with Gasteiger partial charge in [0.25, 0.3) is 5.91 Å². The van der Waals surface area contributed by atoms with Crippen molar-refractivity contribution in [3.05, 3.63) is 65.7 Å². The van der Waals surface area contributed by atoms with Crippen LogP contribution in [-0.2, 0) is 6.54 Å². The largest absolute Gasteiger partial charge is 0.328 e. The molecule has 0 bridgehead atoms. The van der Waals surface area contributed by atoms with Crippen molar-refractivity contribution in [1.29, 1.82) is 5.26 Å². The second-order valence-electron chi connectivity index (χ2n) is 6.25. The molecule has 1 aliphatic heterocycles. The highest BCUT2D eigenvalue weighted by molar-refractivity contribution is 5.92. The van der Waals surface area contributed by atoms with Crippen molar-refractivity contribution in [2.75, 3.05) is 6.54 Å². The van der Waals surface area contributed by atoms with Crippen LogP contribution >= 0.6 is 0 Å². The Morgan fingerprint density at radius 3 is 2.69 bits per heavy atom. The number of nitriles is 1. The molecule has 4 rings (SSSR count). The van der Waals surface area contributed by atoms with Crippen molar-refractivity contribution in [1.82, 2.24) is 24.6 Å². The fourth-order valence-corrected chi connectivity index (χ4v) is 3.22. The molecule has 0 saturated heterocycles. The number of pyridine rings is 1. The van der Waals surface area contributed by atoms with Crippen molar-refractivity contribution in [3.63, 3.8) is 0 Å². The zero-order valence-electron chi connectivity index (χ0n) is 14.2. The second-order valence-corrected chi connectivity index (χ2v) is 6.25. The van der Waals surface area contributed by atoms with Crippen LogP contribution in [-0.4, -0.2) is 37.1 Å². The van der Waals surface area contributed by atoms with Gasteiger partial charge in [0.05, 0.1) is 18.2 Å². The fourth-order valence-electron chi connectivity index (χ4n) is 3.22. The summed E-state index contributed by atoms with van der Waals surface area (Å²) in [6.45, 7) is 2.97. The Morgan fingerprint density at radius 2 is 2.00 bits per heavy atom. The van der Waals surface area contributed by atoms with Crippen LogP contribution in [0.1, 0.15) is 34.8 Å². The van der Waals surface area contributed by atoms with Gasteiger partial charge in [0.2, 0.25) is 0 Å². The number of benzene rings is 1. The Balaban J connectivity index is 1.61. The maximum absolute atomic E-state index is 12.8.